The highest BCUT2D eigenvalue weighted by molar-refractivity contribution is 5.93. The zero-order valence-corrected chi connectivity index (χ0v) is 11.2. The van der Waals surface area contributed by atoms with Gasteiger partial charge >= 0.3 is 0 Å². The molecule has 0 aliphatic carbocycles. The summed E-state index contributed by atoms with van der Waals surface area (Å²) in [6, 6.07) is 3.62. The number of ether oxygens (including phenoxy) is 1. The summed E-state index contributed by atoms with van der Waals surface area (Å²) in [6.45, 7) is 6.19. The minimum atomic E-state index is -0.0731. The van der Waals surface area contributed by atoms with Gasteiger partial charge in [0.05, 0.1) is 5.56 Å². The number of aromatic nitrogens is 1. The third kappa shape index (κ3) is 5.77. The average Bonchev–Trinajstić information content (AvgIpc) is 2.38. The molecule has 1 aromatic rings. The lowest BCUT2D eigenvalue weighted by molar-refractivity contribution is 0.0940. The van der Waals surface area contributed by atoms with Gasteiger partial charge in [-0.1, -0.05) is 13.3 Å². The Hall–Kier alpha value is -1.42. The van der Waals surface area contributed by atoms with Crippen LogP contribution in [0.1, 0.15) is 42.2 Å². The van der Waals surface area contributed by atoms with E-state index in [1.807, 2.05) is 13.0 Å². The third-order valence-electron chi connectivity index (χ3n) is 2.57. The molecule has 1 rings (SSSR count). The van der Waals surface area contributed by atoms with Crippen LogP contribution in [0.2, 0.25) is 0 Å². The second-order valence-corrected chi connectivity index (χ2v) is 4.26. The summed E-state index contributed by atoms with van der Waals surface area (Å²) in [4.78, 5) is 15.8. The maximum Gasteiger partial charge on any atom is 0.252 e. The van der Waals surface area contributed by atoms with Gasteiger partial charge in [0.2, 0.25) is 0 Å². The van der Waals surface area contributed by atoms with Gasteiger partial charge in [0.25, 0.3) is 5.91 Å². The lowest BCUT2D eigenvalue weighted by Crippen LogP contribution is -2.25. The molecule has 18 heavy (non-hydrogen) atoms. The number of rotatable bonds is 8. The number of unbranched alkanes of at least 4 members (excludes halogenated alkanes) is 1. The lowest BCUT2D eigenvalue weighted by atomic mass is 10.2. The average molecular weight is 250 g/mol. The van der Waals surface area contributed by atoms with Gasteiger partial charge in [0.1, 0.15) is 0 Å². The molecule has 0 saturated carbocycles. The van der Waals surface area contributed by atoms with E-state index in [-0.39, 0.29) is 5.91 Å². The maximum absolute atomic E-state index is 11.7. The molecule has 1 aromatic heterocycles. The van der Waals surface area contributed by atoms with Gasteiger partial charge in [-0.3, -0.25) is 9.78 Å². The molecular weight excluding hydrogens is 228 g/mol. The van der Waals surface area contributed by atoms with Crippen LogP contribution in [-0.2, 0) is 4.74 Å². The van der Waals surface area contributed by atoms with Gasteiger partial charge in [-0.2, -0.15) is 0 Å². The van der Waals surface area contributed by atoms with Gasteiger partial charge in [-0.25, -0.2) is 0 Å². The fourth-order valence-corrected chi connectivity index (χ4v) is 1.43. The Bertz CT molecular complexity index is 349. The molecule has 0 spiro atoms. The van der Waals surface area contributed by atoms with Gasteiger partial charge < -0.3 is 10.1 Å². The van der Waals surface area contributed by atoms with Gasteiger partial charge in [-0.05, 0) is 31.9 Å². The number of carbonyl (C=O) groups is 1. The standard InChI is InChI=1S/C14H22N2O2/c1-3-4-9-18-10-5-8-15-14(17)13-7-6-12(2)16-11-13/h6-7,11H,3-5,8-10H2,1-2H3,(H,15,17). The number of carbonyl (C=O) groups excluding carboxylic acids is 1. The molecule has 0 unspecified atom stereocenters. The normalized spacial score (nSPS) is 10.3. The van der Waals surface area contributed by atoms with E-state index >= 15 is 0 Å². The molecule has 1 amide bonds. The van der Waals surface area contributed by atoms with Crippen LogP contribution in [0.4, 0.5) is 0 Å². The Morgan fingerprint density at radius 3 is 2.78 bits per heavy atom. The molecule has 0 fully saturated rings. The molecule has 1 heterocycles. The summed E-state index contributed by atoms with van der Waals surface area (Å²) >= 11 is 0. The zero-order valence-electron chi connectivity index (χ0n) is 11.2. The fourth-order valence-electron chi connectivity index (χ4n) is 1.43. The second kappa shape index (κ2) is 8.64. The van der Waals surface area contributed by atoms with Crippen molar-refractivity contribution in [2.45, 2.75) is 33.1 Å². The molecule has 0 aliphatic heterocycles. The molecule has 100 valence electrons. The molecule has 0 aliphatic rings. The van der Waals surface area contributed by atoms with Crippen molar-refractivity contribution in [3.63, 3.8) is 0 Å². The van der Waals surface area contributed by atoms with Gasteiger partial charge in [-0.15, -0.1) is 0 Å². The van der Waals surface area contributed by atoms with Crippen LogP contribution in [-0.4, -0.2) is 30.6 Å². The lowest BCUT2D eigenvalue weighted by Gasteiger charge is -2.06. The Kier molecular flexibility index (Phi) is 7.03. The summed E-state index contributed by atoms with van der Waals surface area (Å²) in [5.74, 6) is -0.0731. The first-order chi connectivity index (χ1) is 8.74. The SMILES string of the molecule is CCCCOCCCNC(=O)c1ccc(C)nc1. The quantitative estimate of drug-likeness (QED) is 0.720. The molecule has 0 saturated heterocycles. The third-order valence-corrected chi connectivity index (χ3v) is 2.57. The van der Waals surface area contributed by atoms with Crippen molar-refractivity contribution in [1.29, 1.82) is 0 Å². The van der Waals surface area contributed by atoms with Crippen LogP contribution in [0.3, 0.4) is 0 Å². The predicted molar refractivity (Wildman–Crippen MR) is 71.7 cm³/mol. The Morgan fingerprint density at radius 2 is 2.11 bits per heavy atom. The topological polar surface area (TPSA) is 51.2 Å². The van der Waals surface area contributed by atoms with Crippen molar-refractivity contribution >= 4 is 5.91 Å². The van der Waals surface area contributed by atoms with Crippen molar-refractivity contribution in [3.8, 4) is 0 Å². The Morgan fingerprint density at radius 1 is 1.33 bits per heavy atom. The number of amides is 1. The van der Waals surface area contributed by atoms with E-state index < -0.39 is 0 Å². The number of hydrogen-bond donors (Lipinski definition) is 1. The number of nitrogens with zero attached hydrogens (tertiary/aromatic N) is 1. The zero-order chi connectivity index (χ0) is 13.2. The van der Waals surface area contributed by atoms with E-state index in [4.69, 9.17) is 4.74 Å². The molecule has 0 aromatic carbocycles. The van der Waals surface area contributed by atoms with Crippen LogP contribution >= 0.6 is 0 Å². The van der Waals surface area contributed by atoms with Crippen LogP contribution in [0, 0.1) is 6.92 Å². The Labute approximate surface area is 109 Å². The minimum Gasteiger partial charge on any atom is -0.381 e. The number of nitrogens with one attached hydrogen (secondary N) is 1. The number of aryl methyl sites for hydroxylation is 1. The first-order valence-electron chi connectivity index (χ1n) is 6.52. The highest BCUT2D eigenvalue weighted by Crippen LogP contribution is 1.99. The van der Waals surface area contributed by atoms with E-state index in [0.29, 0.717) is 18.7 Å². The summed E-state index contributed by atoms with van der Waals surface area (Å²) in [5, 5.41) is 2.85. The highest BCUT2D eigenvalue weighted by atomic mass is 16.5. The van der Waals surface area contributed by atoms with Crippen molar-refractivity contribution in [1.82, 2.24) is 10.3 Å². The van der Waals surface area contributed by atoms with E-state index in [0.717, 1.165) is 31.6 Å². The monoisotopic (exact) mass is 250 g/mol. The molecule has 0 radical (unpaired) electrons. The van der Waals surface area contributed by atoms with E-state index in [9.17, 15) is 4.79 Å². The highest BCUT2D eigenvalue weighted by Gasteiger charge is 2.04. The molecule has 1 N–H and O–H groups in total. The Balaban J connectivity index is 2.12. The predicted octanol–water partition coefficient (Wildman–Crippen LogP) is 2.33. The van der Waals surface area contributed by atoms with Crippen molar-refractivity contribution < 1.29 is 9.53 Å². The fraction of sp³-hybridized carbons (Fsp3) is 0.571. The van der Waals surface area contributed by atoms with Crippen molar-refractivity contribution in [2.24, 2.45) is 0 Å². The van der Waals surface area contributed by atoms with Gasteiger partial charge in [0, 0.05) is 31.6 Å². The second-order valence-electron chi connectivity index (χ2n) is 4.26. The first-order valence-corrected chi connectivity index (χ1v) is 6.52. The van der Waals surface area contributed by atoms with Crippen LogP contribution in [0.5, 0.6) is 0 Å². The molecular formula is C14H22N2O2. The van der Waals surface area contributed by atoms with Crippen LogP contribution < -0.4 is 5.32 Å². The minimum absolute atomic E-state index is 0.0731. The molecule has 0 bridgehead atoms. The van der Waals surface area contributed by atoms with Crippen LogP contribution in [0.15, 0.2) is 18.3 Å². The molecule has 4 nitrogen and oxygen atoms in total. The first kappa shape index (κ1) is 14.6. The summed E-state index contributed by atoms with van der Waals surface area (Å²) in [7, 11) is 0. The summed E-state index contributed by atoms with van der Waals surface area (Å²) in [6.07, 6.45) is 4.69. The molecule has 0 atom stereocenters. The van der Waals surface area contributed by atoms with Crippen molar-refractivity contribution in [2.75, 3.05) is 19.8 Å². The van der Waals surface area contributed by atoms with Crippen molar-refractivity contribution in [3.05, 3.63) is 29.6 Å². The molecule has 4 heteroatoms. The van der Waals surface area contributed by atoms with E-state index in [1.165, 1.54) is 0 Å². The maximum atomic E-state index is 11.7. The number of hydrogen-bond acceptors (Lipinski definition) is 3. The van der Waals surface area contributed by atoms with E-state index in [2.05, 4.69) is 17.2 Å². The smallest absolute Gasteiger partial charge is 0.252 e. The van der Waals surface area contributed by atoms with Crippen LogP contribution in [0.25, 0.3) is 0 Å². The van der Waals surface area contributed by atoms with E-state index in [1.54, 1.807) is 12.3 Å². The summed E-state index contributed by atoms with van der Waals surface area (Å²) in [5.41, 5.74) is 1.52. The summed E-state index contributed by atoms with van der Waals surface area (Å²) < 4.78 is 5.41. The largest absolute Gasteiger partial charge is 0.381 e. The number of pyridine rings is 1. The van der Waals surface area contributed by atoms with Gasteiger partial charge in [0.15, 0.2) is 0 Å².